The fourth-order valence-electron chi connectivity index (χ4n) is 4.58. The molecule has 2 saturated heterocycles. The van der Waals surface area contributed by atoms with E-state index in [2.05, 4.69) is 11.8 Å². The van der Waals surface area contributed by atoms with Crippen LogP contribution in [0.25, 0.3) is 5.76 Å². The van der Waals surface area contributed by atoms with Crippen molar-refractivity contribution >= 4 is 28.8 Å². The summed E-state index contributed by atoms with van der Waals surface area (Å²) in [6, 6.07) is 8.62. The summed E-state index contributed by atoms with van der Waals surface area (Å²) in [4.78, 5) is 31.1. The average molecular weight is 499 g/mol. The molecule has 2 aromatic rings. The number of benzene rings is 1. The summed E-state index contributed by atoms with van der Waals surface area (Å²) >= 11 is 1.48. The summed E-state index contributed by atoms with van der Waals surface area (Å²) in [6.45, 7) is 9.15. The van der Waals surface area contributed by atoms with Gasteiger partial charge in [0.15, 0.2) is 0 Å². The number of thiophene rings is 1. The highest BCUT2D eigenvalue weighted by Crippen LogP contribution is 2.41. The van der Waals surface area contributed by atoms with E-state index in [1.165, 1.54) is 11.3 Å². The minimum Gasteiger partial charge on any atom is -0.507 e. The molecule has 0 bridgehead atoms. The van der Waals surface area contributed by atoms with E-state index in [0.717, 1.165) is 68.3 Å². The van der Waals surface area contributed by atoms with E-state index in [-0.39, 0.29) is 11.3 Å². The summed E-state index contributed by atoms with van der Waals surface area (Å²) in [5.74, 6) is -0.564. The van der Waals surface area contributed by atoms with Gasteiger partial charge in [0.1, 0.15) is 11.5 Å². The molecule has 1 aromatic carbocycles. The average Bonchev–Trinajstić information content (AvgIpc) is 3.48. The van der Waals surface area contributed by atoms with Gasteiger partial charge in [-0.1, -0.05) is 19.4 Å². The van der Waals surface area contributed by atoms with Crippen LogP contribution in [0.3, 0.4) is 0 Å². The standard InChI is InChI=1S/C27H34N2O5S/c1-3-4-14-34-21-9-8-20(18-19(21)2)25(30)23-24(22-7-5-17-35-22)29(27(32)26(23)31)11-6-10-28-12-15-33-16-13-28/h5,7-9,17-18,24,30H,3-4,6,10-16H2,1-2H3/b25-23+/t24-/m0/s1. The number of amides is 1. The monoisotopic (exact) mass is 498 g/mol. The van der Waals surface area contributed by atoms with Crippen LogP contribution >= 0.6 is 11.3 Å². The number of morpholine rings is 1. The Morgan fingerprint density at radius 1 is 1.17 bits per heavy atom. The van der Waals surface area contributed by atoms with Gasteiger partial charge in [-0.15, -0.1) is 11.3 Å². The molecule has 4 rings (SSSR count). The number of unbranched alkanes of at least 4 members (excludes halogenated alkanes) is 1. The van der Waals surface area contributed by atoms with Gasteiger partial charge in [0, 0.05) is 36.6 Å². The first kappa shape index (κ1) is 25.4. The van der Waals surface area contributed by atoms with Crippen molar-refractivity contribution in [3.05, 3.63) is 57.3 Å². The lowest BCUT2D eigenvalue weighted by atomic mass is 9.98. The Bertz CT molecular complexity index is 1060. The molecule has 8 heteroatoms. The third kappa shape index (κ3) is 5.77. The summed E-state index contributed by atoms with van der Waals surface area (Å²) < 4.78 is 11.2. The Balaban J connectivity index is 1.59. The largest absolute Gasteiger partial charge is 0.507 e. The zero-order chi connectivity index (χ0) is 24.8. The molecular formula is C27H34N2O5S. The smallest absolute Gasteiger partial charge is 0.295 e. The number of nitrogens with zero attached hydrogens (tertiary/aromatic N) is 2. The van der Waals surface area contributed by atoms with E-state index in [4.69, 9.17) is 9.47 Å². The highest BCUT2D eigenvalue weighted by atomic mass is 32.1. The zero-order valence-electron chi connectivity index (χ0n) is 20.5. The molecule has 7 nitrogen and oxygen atoms in total. The van der Waals surface area contributed by atoms with Gasteiger partial charge >= 0.3 is 0 Å². The van der Waals surface area contributed by atoms with E-state index >= 15 is 0 Å². The van der Waals surface area contributed by atoms with Crippen molar-refractivity contribution < 1.29 is 24.2 Å². The third-order valence-electron chi connectivity index (χ3n) is 6.53. The van der Waals surface area contributed by atoms with E-state index in [1.807, 2.05) is 36.6 Å². The van der Waals surface area contributed by atoms with Crippen molar-refractivity contribution in [1.82, 2.24) is 9.80 Å². The fourth-order valence-corrected chi connectivity index (χ4v) is 5.43. The van der Waals surface area contributed by atoms with Crippen molar-refractivity contribution in [2.45, 2.75) is 39.2 Å². The molecule has 1 amide bonds. The SMILES string of the molecule is CCCCOc1ccc(/C(O)=C2\C(=O)C(=O)N(CCCN3CCOCC3)[C@H]2c2cccs2)cc1C. The number of ketones is 1. The zero-order valence-corrected chi connectivity index (χ0v) is 21.3. The lowest BCUT2D eigenvalue weighted by Gasteiger charge is -2.28. The lowest BCUT2D eigenvalue weighted by molar-refractivity contribution is -0.140. The van der Waals surface area contributed by atoms with Crippen LogP contribution in [0.15, 0.2) is 41.3 Å². The molecule has 2 aliphatic rings. The fraction of sp³-hybridized carbons (Fsp3) is 0.481. The molecule has 0 radical (unpaired) electrons. The number of aliphatic hydroxyl groups is 1. The van der Waals surface area contributed by atoms with Crippen molar-refractivity contribution in [3.8, 4) is 5.75 Å². The number of ether oxygens (including phenoxy) is 2. The van der Waals surface area contributed by atoms with Crippen molar-refractivity contribution in [2.24, 2.45) is 0 Å². The van der Waals surface area contributed by atoms with Crippen molar-refractivity contribution in [1.29, 1.82) is 0 Å². The van der Waals surface area contributed by atoms with Gasteiger partial charge in [-0.25, -0.2) is 0 Å². The molecule has 1 atom stereocenters. The molecule has 1 aromatic heterocycles. The maximum absolute atomic E-state index is 13.2. The van der Waals surface area contributed by atoms with Crippen LogP contribution in [0.1, 0.15) is 48.2 Å². The minimum absolute atomic E-state index is 0.138. The first-order chi connectivity index (χ1) is 17.0. The number of likely N-dealkylation sites (tertiary alicyclic amines) is 1. The quantitative estimate of drug-likeness (QED) is 0.227. The van der Waals surface area contributed by atoms with Gasteiger partial charge < -0.3 is 19.5 Å². The first-order valence-electron chi connectivity index (χ1n) is 12.4. The number of Topliss-reactive ketones (excluding diaryl/α,β-unsaturated/α-hetero) is 1. The summed E-state index contributed by atoms with van der Waals surface area (Å²) in [6.07, 6.45) is 2.77. The highest BCUT2D eigenvalue weighted by Gasteiger charge is 2.46. The first-order valence-corrected chi connectivity index (χ1v) is 13.2. The van der Waals surface area contributed by atoms with E-state index in [0.29, 0.717) is 18.7 Å². The Kier molecular flexibility index (Phi) is 8.59. The maximum atomic E-state index is 13.2. The van der Waals surface area contributed by atoms with Crippen LogP contribution in [0, 0.1) is 6.92 Å². The molecule has 188 valence electrons. The summed E-state index contributed by atoms with van der Waals surface area (Å²) in [5, 5.41) is 13.2. The normalized spacial score (nSPS) is 20.5. The van der Waals surface area contributed by atoms with Crippen LogP contribution in [0.5, 0.6) is 5.75 Å². The second kappa shape index (κ2) is 11.8. The van der Waals surface area contributed by atoms with Gasteiger partial charge in [-0.2, -0.15) is 0 Å². The van der Waals surface area contributed by atoms with Gasteiger partial charge in [0.25, 0.3) is 11.7 Å². The molecule has 0 spiro atoms. The third-order valence-corrected chi connectivity index (χ3v) is 7.46. The predicted molar refractivity (Wildman–Crippen MR) is 137 cm³/mol. The summed E-state index contributed by atoms with van der Waals surface area (Å²) in [7, 11) is 0. The molecular weight excluding hydrogens is 464 g/mol. The number of carbonyl (C=O) groups excluding carboxylic acids is 2. The Hall–Kier alpha value is -2.68. The Morgan fingerprint density at radius 3 is 2.66 bits per heavy atom. The molecule has 2 fully saturated rings. The summed E-state index contributed by atoms with van der Waals surface area (Å²) in [5.41, 5.74) is 1.54. The molecule has 1 N–H and O–H groups in total. The van der Waals surface area contributed by atoms with Gasteiger partial charge in [-0.3, -0.25) is 14.5 Å². The van der Waals surface area contributed by atoms with Crippen molar-refractivity contribution in [2.75, 3.05) is 46.0 Å². The number of aliphatic hydroxyl groups excluding tert-OH is 1. The van der Waals surface area contributed by atoms with E-state index < -0.39 is 17.7 Å². The van der Waals surface area contributed by atoms with Gasteiger partial charge in [-0.05, 0) is 55.0 Å². The van der Waals surface area contributed by atoms with Crippen molar-refractivity contribution in [3.63, 3.8) is 0 Å². The number of carbonyl (C=O) groups is 2. The molecule has 35 heavy (non-hydrogen) atoms. The minimum atomic E-state index is -0.631. The lowest BCUT2D eigenvalue weighted by Crippen LogP contribution is -2.38. The second-order valence-electron chi connectivity index (χ2n) is 9.00. The van der Waals surface area contributed by atoms with Gasteiger partial charge in [0.05, 0.1) is 31.4 Å². The van der Waals surface area contributed by atoms with Gasteiger partial charge in [0.2, 0.25) is 0 Å². The Morgan fingerprint density at radius 2 is 1.97 bits per heavy atom. The topological polar surface area (TPSA) is 79.3 Å². The number of hydrogen-bond donors (Lipinski definition) is 1. The molecule has 2 aliphatic heterocycles. The van der Waals surface area contributed by atoms with E-state index in [1.54, 1.807) is 11.0 Å². The highest BCUT2D eigenvalue weighted by molar-refractivity contribution is 7.10. The number of rotatable bonds is 10. The van der Waals surface area contributed by atoms with E-state index in [9.17, 15) is 14.7 Å². The molecule has 3 heterocycles. The molecule has 0 aliphatic carbocycles. The maximum Gasteiger partial charge on any atom is 0.295 e. The molecule has 0 saturated carbocycles. The van der Waals surface area contributed by atoms with Crippen LogP contribution in [-0.4, -0.2) is 72.6 Å². The molecule has 0 unspecified atom stereocenters. The van der Waals surface area contributed by atoms with Crippen LogP contribution in [0.2, 0.25) is 0 Å². The van der Waals surface area contributed by atoms with Crippen LogP contribution in [0.4, 0.5) is 0 Å². The number of hydrogen-bond acceptors (Lipinski definition) is 7. The van der Waals surface area contributed by atoms with Crippen LogP contribution < -0.4 is 4.74 Å². The number of aryl methyl sites for hydroxylation is 1. The second-order valence-corrected chi connectivity index (χ2v) is 9.98. The predicted octanol–water partition coefficient (Wildman–Crippen LogP) is 4.38. The van der Waals surface area contributed by atoms with Crippen LogP contribution in [-0.2, 0) is 14.3 Å². The Labute approximate surface area is 210 Å².